The molecule has 0 aliphatic rings. The van der Waals surface area contributed by atoms with Crippen LogP contribution in [0.15, 0.2) is 0 Å². The third-order valence-electron chi connectivity index (χ3n) is 1.60. The van der Waals surface area contributed by atoms with E-state index in [2.05, 4.69) is 0 Å². The molecule has 0 aliphatic heterocycles. The molecule has 2 heteroatoms. The molecule has 0 N–H and O–H groups in total. The van der Waals surface area contributed by atoms with Crippen LogP contribution in [0.4, 0.5) is 8.78 Å². The van der Waals surface area contributed by atoms with Crippen LogP contribution in [0.3, 0.4) is 0 Å². The quantitative estimate of drug-likeness (QED) is 0.597. The average molecular weight is 180 g/mol. The first kappa shape index (κ1) is 14.4. The smallest absolute Gasteiger partial charge is 0.207 e. The van der Waals surface area contributed by atoms with Crippen molar-refractivity contribution >= 4 is 0 Å². The van der Waals surface area contributed by atoms with E-state index >= 15 is 0 Å². The van der Waals surface area contributed by atoms with Crippen molar-refractivity contribution in [1.29, 1.82) is 0 Å². The minimum Gasteiger partial charge on any atom is -0.207 e. The van der Waals surface area contributed by atoms with E-state index in [-0.39, 0.29) is 12.8 Å². The van der Waals surface area contributed by atoms with E-state index in [0.29, 0.717) is 12.3 Å². The highest BCUT2D eigenvalue weighted by Crippen LogP contribution is 2.25. The predicted molar refractivity (Wildman–Crippen MR) is 50.7 cm³/mol. The Morgan fingerprint density at radius 3 is 1.83 bits per heavy atom. The Balaban J connectivity index is 0. The molecule has 0 atom stereocenters. The van der Waals surface area contributed by atoms with Crippen LogP contribution >= 0.6 is 0 Å². The summed E-state index contributed by atoms with van der Waals surface area (Å²) < 4.78 is 25.0. The Bertz CT molecular complexity index is 87.8. The summed E-state index contributed by atoms with van der Waals surface area (Å²) in [6.45, 7) is 9.46. The summed E-state index contributed by atoms with van der Waals surface area (Å²) in [7, 11) is 0. The highest BCUT2D eigenvalue weighted by atomic mass is 19.3. The van der Waals surface area contributed by atoms with Crippen molar-refractivity contribution in [2.24, 2.45) is 5.92 Å². The molecule has 0 fully saturated rings. The fourth-order valence-corrected chi connectivity index (χ4v) is 0.677. The van der Waals surface area contributed by atoms with Crippen molar-refractivity contribution in [3.05, 3.63) is 0 Å². The molecule has 0 radical (unpaired) electrons. The largest absolute Gasteiger partial charge is 0.247 e. The lowest BCUT2D eigenvalue weighted by Gasteiger charge is -2.14. The van der Waals surface area contributed by atoms with Crippen LogP contribution < -0.4 is 0 Å². The zero-order valence-electron chi connectivity index (χ0n) is 8.95. The average Bonchev–Trinajstić information content (AvgIpc) is 2.05. The van der Waals surface area contributed by atoms with Gasteiger partial charge in [0.15, 0.2) is 0 Å². The molecule has 76 valence electrons. The van der Waals surface area contributed by atoms with E-state index in [1.54, 1.807) is 0 Å². The maximum Gasteiger partial charge on any atom is 0.247 e. The van der Waals surface area contributed by atoms with Gasteiger partial charge in [0.2, 0.25) is 5.92 Å². The molecule has 0 nitrogen and oxygen atoms in total. The first-order chi connectivity index (χ1) is 5.48. The van der Waals surface area contributed by atoms with Crippen molar-refractivity contribution in [3.8, 4) is 0 Å². The van der Waals surface area contributed by atoms with Gasteiger partial charge in [-0.1, -0.05) is 34.6 Å². The van der Waals surface area contributed by atoms with Gasteiger partial charge in [-0.3, -0.25) is 0 Å². The van der Waals surface area contributed by atoms with Crippen LogP contribution in [-0.2, 0) is 0 Å². The molecule has 0 spiro atoms. The molecule has 0 aliphatic carbocycles. The summed E-state index contributed by atoms with van der Waals surface area (Å²) in [5, 5.41) is 0. The fourth-order valence-electron chi connectivity index (χ4n) is 0.677. The molecule has 0 saturated heterocycles. The summed E-state index contributed by atoms with van der Waals surface area (Å²) in [4.78, 5) is 0. The Hall–Kier alpha value is -0.140. The molecule has 0 amide bonds. The monoisotopic (exact) mass is 180 g/mol. The maximum atomic E-state index is 12.5. The zero-order valence-corrected chi connectivity index (χ0v) is 8.95. The molecule has 0 aromatic carbocycles. The predicted octanol–water partition coefficient (Wildman–Crippen LogP) is 4.49. The Morgan fingerprint density at radius 2 is 1.58 bits per heavy atom. The molecule has 0 unspecified atom stereocenters. The van der Waals surface area contributed by atoms with Crippen LogP contribution in [-0.4, -0.2) is 5.92 Å². The van der Waals surface area contributed by atoms with Crippen LogP contribution in [0.5, 0.6) is 0 Å². The molecule has 0 bridgehead atoms. The summed E-state index contributed by atoms with van der Waals surface area (Å²) in [6.07, 6.45) is 0.641. The van der Waals surface area contributed by atoms with Gasteiger partial charge in [-0.15, -0.1) is 0 Å². The van der Waals surface area contributed by atoms with Gasteiger partial charge in [0.1, 0.15) is 0 Å². The van der Waals surface area contributed by atoms with Gasteiger partial charge in [0, 0.05) is 12.8 Å². The first-order valence-electron chi connectivity index (χ1n) is 4.86. The Morgan fingerprint density at radius 1 is 1.17 bits per heavy atom. The van der Waals surface area contributed by atoms with Gasteiger partial charge >= 0.3 is 0 Å². The summed E-state index contributed by atoms with van der Waals surface area (Å²) in [6, 6.07) is 0. The van der Waals surface area contributed by atoms with E-state index < -0.39 is 5.92 Å². The van der Waals surface area contributed by atoms with Crippen LogP contribution in [0.25, 0.3) is 0 Å². The molecule has 0 aromatic heterocycles. The second kappa shape index (κ2) is 7.51. The highest BCUT2D eigenvalue weighted by molar-refractivity contribution is 4.63. The normalized spacial score (nSPS) is 11.0. The second-order valence-electron chi connectivity index (χ2n) is 3.14. The SMILES string of the molecule is CC.CCC(F)(F)CCC(C)C. The van der Waals surface area contributed by atoms with Gasteiger partial charge in [-0.05, 0) is 12.3 Å². The Kier molecular flexibility index (Phi) is 9.00. The number of hydrogen-bond acceptors (Lipinski definition) is 0. The number of alkyl halides is 2. The first-order valence-corrected chi connectivity index (χ1v) is 4.86. The van der Waals surface area contributed by atoms with Gasteiger partial charge < -0.3 is 0 Å². The number of hydrogen-bond donors (Lipinski definition) is 0. The summed E-state index contributed by atoms with van der Waals surface area (Å²) in [5.41, 5.74) is 0. The molecule has 0 heterocycles. The molecule has 12 heavy (non-hydrogen) atoms. The summed E-state index contributed by atoms with van der Waals surface area (Å²) >= 11 is 0. The third-order valence-corrected chi connectivity index (χ3v) is 1.60. The molecule has 0 aromatic rings. The van der Waals surface area contributed by atoms with Gasteiger partial charge in [0.25, 0.3) is 0 Å². The van der Waals surface area contributed by atoms with Crippen LogP contribution in [0.2, 0.25) is 0 Å². The number of halogens is 2. The minimum absolute atomic E-state index is 0.0281. The zero-order chi connectivity index (χ0) is 10.2. The number of rotatable bonds is 4. The lowest BCUT2D eigenvalue weighted by Crippen LogP contribution is -2.14. The lowest BCUT2D eigenvalue weighted by atomic mass is 10.0. The van der Waals surface area contributed by atoms with Gasteiger partial charge in [0.05, 0.1) is 0 Å². The van der Waals surface area contributed by atoms with E-state index in [1.165, 1.54) is 6.92 Å². The fraction of sp³-hybridized carbons (Fsp3) is 1.00. The highest BCUT2D eigenvalue weighted by Gasteiger charge is 2.25. The standard InChI is InChI=1S/C8H16F2.C2H6/c1-4-8(9,10)6-5-7(2)3;1-2/h7H,4-6H2,1-3H3;1-2H3. The molecular formula is C10H22F2. The van der Waals surface area contributed by atoms with Crippen LogP contribution in [0.1, 0.15) is 53.9 Å². The van der Waals surface area contributed by atoms with Gasteiger partial charge in [-0.25, -0.2) is 8.78 Å². The van der Waals surface area contributed by atoms with Gasteiger partial charge in [-0.2, -0.15) is 0 Å². The van der Waals surface area contributed by atoms with E-state index in [4.69, 9.17) is 0 Å². The van der Waals surface area contributed by atoms with E-state index in [0.717, 1.165) is 0 Å². The molecular weight excluding hydrogens is 158 g/mol. The van der Waals surface area contributed by atoms with Crippen LogP contribution in [0, 0.1) is 5.92 Å². The molecule has 0 saturated carbocycles. The van der Waals surface area contributed by atoms with Crippen molar-refractivity contribution in [1.82, 2.24) is 0 Å². The van der Waals surface area contributed by atoms with Crippen molar-refractivity contribution < 1.29 is 8.78 Å². The van der Waals surface area contributed by atoms with E-state index in [9.17, 15) is 8.78 Å². The molecule has 0 rings (SSSR count). The van der Waals surface area contributed by atoms with Crippen molar-refractivity contribution in [3.63, 3.8) is 0 Å². The van der Waals surface area contributed by atoms with E-state index in [1.807, 2.05) is 27.7 Å². The minimum atomic E-state index is -2.43. The third kappa shape index (κ3) is 9.86. The van der Waals surface area contributed by atoms with Crippen molar-refractivity contribution in [2.45, 2.75) is 59.8 Å². The lowest BCUT2D eigenvalue weighted by molar-refractivity contribution is -0.0159. The summed E-state index contributed by atoms with van der Waals surface area (Å²) in [5.74, 6) is -2.04. The topological polar surface area (TPSA) is 0 Å². The second-order valence-corrected chi connectivity index (χ2v) is 3.14. The Labute approximate surface area is 75.4 Å². The maximum absolute atomic E-state index is 12.5. The van der Waals surface area contributed by atoms with Crippen molar-refractivity contribution in [2.75, 3.05) is 0 Å².